The van der Waals surface area contributed by atoms with Crippen molar-refractivity contribution in [3.8, 4) is 11.8 Å². The quantitative estimate of drug-likeness (QED) is 0.803. The minimum atomic E-state index is -0.443. The number of likely N-dealkylation sites (N-methyl/N-ethyl adjacent to an activating group) is 1. The number of benzene rings is 1. The first kappa shape index (κ1) is 17.2. The zero-order valence-electron chi connectivity index (χ0n) is 12.6. The summed E-state index contributed by atoms with van der Waals surface area (Å²) in [6.45, 7) is 2.54. The van der Waals surface area contributed by atoms with E-state index in [1.54, 1.807) is 0 Å². The fourth-order valence-corrected chi connectivity index (χ4v) is 1.93. The number of aliphatic hydroxyl groups is 1. The number of hydrogen-bond acceptors (Lipinski definition) is 3. The topological polar surface area (TPSA) is 52.6 Å². The molecule has 1 amide bonds. The van der Waals surface area contributed by atoms with Crippen molar-refractivity contribution >= 4 is 5.91 Å². The van der Waals surface area contributed by atoms with Gasteiger partial charge in [-0.05, 0) is 39.2 Å². The Bertz CT molecular complexity index is 547. The lowest BCUT2D eigenvalue weighted by atomic mass is 10.1. The lowest BCUT2D eigenvalue weighted by Gasteiger charge is -2.18. The molecule has 0 aliphatic heterocycles. The molecule has 0 spiro atoms. The van der Waals surface area contributed by atoms with Crippen molar-refractivity contribution in [2.75, 3.05) is 27.2 Å². The van der Waals surface area contributed by atoms with Crippen molar-refractivity contribution in [3.63, 3.8) is 0 Å². The molecule has 0 saturated heterocycles. The second-order valence-electron chi connectivity index (χ2n) is 5.10. The van der Waals surface area contributed by atoms with Crippen molar-refractivity contribution < 1.29 is 14.3 Å². The monoisotopic (exact) mass is 292 g/mol. The minimum absolute atomic E-state index is 0.0317. The van der Waals surface area contributed by atoms with Crippen LogP contribution in [-0.2, 0) is 0 Å². The van der Waals surface area contributed by atoms with Crippen LogP contribution >= 0.6 is 0 Å². The fourth-order valence-electron chi connectivity index (χ4n) is 1.93. The van der Waals surface area contributed by atoms with E-state index in [1.807, 2.05) is 25.9 Å². The molecule has 1 unspecified atom stereocenters. The van der Waals surface area contributed by atoms with Crippen molar-refractivity contribution in [1.29, 1.82) is 0 Å². The van der Waals surface area contributed by atoms with E-state index in [-0.39, 0.29) is 25.0 Å². The summed E-state index contributed by atoms with van der Waals surface area (Å²) < 4.78 is 13.3. The van der Waals surface area contributed by atoms with Gasteiger partial charge in [0, 0.05) is 24.6 Å². The number of carbonyl (C=O) groups is 1. The van der Waals surface area contributed by atoms with Crippen molar-refractivity contribution in [3.05, 3.63) is 35.1 Å². The molecule has 0 bridgehead atoms. The normalized spacial score (nSPS) is 11.7. The standard InChI is InChI=1S/C16H21FN2O2/c1-12(11-19(2)3)18-16(21)15-8-7-14(17)10-13(15)6-4-5-9-20/h7-8,10,12,20H,5,9,11H2,1-3H3,(H,18,21). The van der Waals surface area contributed by atoms with Crippen LogP contribution in [-0.4, -0.2) is 49.2 Å². The fraction of sp³-hybridized carbons (Fsp3) is 0.438. The molecule has 1 atom stereocenters. The van der Waals surface area contributed by atoms with Crippen LogP contribution in [0.25, 0.3) is 0 Å². The third-order valence-corrected chi connectivity index (χ3v) is 2.70. The second-order valence-corrected chi connectivity index (χ2v) is 5.10. The van der Waals surface area contributed by atoms with E-state index < -0.39 is 5.82 Å². The molecular weight excluding hydrogens is 271 g/mol. The molecule has 0 aliphatic rings. The highest BCUT2D eigenvalue weighted by atomic mass is 19.1. The molecule has 0 aromatic heterocycles. The minimum Gasteiger partial charge on any atom is -0.395 e. The lowest BCUT2D eigenvalue weighted by molar-refractivity contribution is 0.0934. The van der Waals surface area contributed by atoms with E-state index in [9.17, 15) is 9.18 Å². The van der Waals surface area contributed by atoms with Gasteiger partial charge in [-0.1, -0.05) is 11.8 Å². The summed E-state index contributed by atoms with van der Waals surface area (Å²) >= 11 is 0. The van der Waals surface area contributed by atoms with Crippen LogP contribution in [0.15, 0.2) is 18.2 Å². The highest BCUT2D eigenvalue weighted by molar-refractivity contribution is 5.96. The summed E-state index contributed by atoms with van der Waals surface area (Å²) in [5.41, 5.74) is 0.672. The van der Waals surface area contributed by atoms with Gasteiger partial charge in [0.25, 0.3) is 5.91 Å². The zero-order chi connectivity index (χ0) is 15.8. The predicted molar refractivity (Wildman–Crippen MR) is 80.5 cm³/mol. The maximum Gasteiger partial charge on any atom is 0.252 e. The number of amides is 1. The molecule has 5 heteroatoms. The Morgan fingerprint density at radius 2 is 2.19 bits per heavy atom. The summed E-state index contributed by atoms with van der Waals surface area (Å²) in [5, 5.41) is 11.6. The van der Waals surface area contributed by atoms with Gasteiger partial charge in [-0.2, -0.15) is 0 Å². The largest absolute Gasteiger partial charge is 0.395 e. The summed E-state index contributed by atoms with van der Waals surface area (Å²) in [4.78, 5) is 14.2. The molecule has 21 heavy (non-hydrogen) atoms. The van der Waals surface area contributed by atoms with Crippen molar-refractivity contribution in [2.45, 2.75) is 19.4 Å². The van der Waals surface area contributed by atoms with Gasteiger partial charge in [0.1, 0.15) is 5.82 Å². The first-order chi connectivity index (χ1) is 9.93. The van der Waals surface area contributed by atoms with Crippen LogP contribution in [0.3, 0.4) is 0 Å². The van der Waals surface area contributed by atoms with Crippen LogP contribution in [0.2, 0.25) is 0 Å². The summed E-state index contributed by atoms with van der Waals surface area (Å²) in [7, 11) is 3.85. The molecule has 0 radical (unpaired) electrons. The molecule has 4 nitrogen and oxygen atoms in total. The Hall–Kier alpha value is -1.90. The lowest BCUT2D eigenvalue weighted by Crippen LogP contribution is -2.39. The van der Waals surface area contributed by atoms with E-state index in [1.165, 1.54) is 18.2 Å². The number of carbonyl (C=O) groups excluding carboxylic acids is 1. The number of aliphatic hydroxyl groups excluding tert-OH is 1. The van der Waals surface area contributed by atoms with E-state index in [4.69, 9.17) is 5.11 Å². The Balaban J connectivity index is 2.91. The van der Waals surface area contributed by atoms with Gasteiger partial charge in [-0.15, -0.1) is 0 Å². The zero-order valence-corrected chi connectivity index (χ0v) is 12.6. The Labute approximate surface area is 125 Å². The highest BCUT2D eigenvalue weighted by Gasteiger charge is 2.14. The van der Waals surface area contributed by atoms with Gasteiger partial charge in [0.15, 0.2) is 0 Å². The SMILES string of the molecule is CC(CN(C)C)NC(=O)c1ccc(F)cc1C#CCCO. The average molecular weight is 292 g/mol. The van der Waals surface area contributed by atoms with Gasteiger partial charge in [-0.3, -0.25) is 4.79 Å². The first-order valence-corrected chi connectivity index (χ1v) is 6.79. The Kier molecular flexibility index (Phi) is 6.86. The second kappa shape index (κ2) is 8.40. The van der Waals surface area contributed by atoms with Crippen LogP contribution < -0.4 is 5.32 Å². The van der Waals surface area contributed by atoms with Crippen LogP contribution in [0, 0.1) is 17.7 Å². The number of nitrogens with zero attached hydrogens (tertiary/aromatic N) is 1. The molecule has 0 aliphatic carbocycles. The van der Waals surface area contributed by atoms with Crippen LogP contribution in [0.4, 0.5) is 4.39 Å². The maximum absolute atomic E-state index is 13.3. The van der Waals surface area contributed by atoms with E-state index in [0.717, 1.165) is 0 Å². The number of nitrogens with one attached hydrogen (secondary N) is 1. The number of halogens is 1. The van der Waals surface area contributed by atoms with Crippen LogP contribution in [0.1, 0.15) is 29.3 Å². The molecule has 1 aromatic carbocycles. The van der Waals surface area contributed by atoms with Gasteiger partial charge in [-0.25, -0.2) is 4.39 Å². The summed E-state index contributed by atoms with van der Waals surface area (Å²) in [6.07, 6.45) is 0.286. The molecule has 0 heterocycles. The smallest absolute Gasteiger partial charge is 0.252 e. The summed E-state index contributed by atoms with van der Waals surface area (Å²) in [5.74, 6) is 4.71. The predicted octanol–water partition coefficient (Wildman–Crippen LogP) is 1.24. The van der Waals surface area contributed by atoms with Crippen molar-refractivity contribution in [2.24, 2.45) is 0 Å². The summed E-state index contributed by atoms with van der Waals surface area (Å²) in [6, 6.07) is 3.87. The average Bonchev–Trinajstić information content (AvgIpc) is 2.37. The number of rotatable bonds is 5. The van der Waals surface area contributed by atoms with E-state index in [0.29, 0.717) is 17.7 Å². The van der Waals surface area contributed by atoms with Gasteiger partial charge >= 0.3 is 0 Å². The Morgan fingerprint density at radius 3 is 2.81 bits per heavy atom. The molecule has 0 saturated carbocycles. The number of hydrogen-bond donors (Lipinski definition) is 2. The molecular formula is C16H21FN2O2. The van der Waals surface area contributed by atoms with E-state index in [2.05, 4.69) is 17.2 Å². The Morgan fingerprint density at radius 1 is 1.48 bits per heavy atom. The van der Waals surface area contributed by atoms with Crippen LogP contribution in [0.5, 0.6) is 0 Å². The highest BCUT2D eigenvalue weighted by Crippen LogP contribution is 2.11. The first-order valence-electron chi connectivity index (χ1n) is 6.79. The third-order valence-electron chi connectivity index (χ3n) is 2.70. The van der Waals surface area contributed by atoms with Crippen molar-refractivity contribution in [1.82, 2.24) is 10.2 Å². The third kappa shape index (κ3) is 5.94. The van der Waals surface area contributed by atoms with Gasteiger partial charge < -0.3 is 15.3 Å². The molecule has 114 valence electrons. The van der Waals surface area contributed by atoms with Gasteiger partial charge in [0.05, 0.1) is 12.2 Å². The molecule has 2 N–H and O–H groups in total. The molecule has 0 fully saturated rings. The van der Waals surface area contributed by atoms with E-state index >= 15 is 0 Å². The molecule has 1 rings (SSSR count). The molecule has 1 aromatic rings. The maximum atomic E-state index is 13.3. The van der Waals surface area contributed by atoms with Gasteiger partial charge in [0.2, 0.25) is 0 Å².